The van der Waals surface area contributed by atoms with Crippen molar-refractivity contribution >= 4 is 6.29 Å². The zero-order valence-corrected chi connectivity index (χ0v) is 16.9. The van der Waals surface area contributed by atoms with Gasteiger partial charge in [0.25, 0.3) is 0 Å². The zero-order chi connectivity index (χ0) is 18.3. The van der Waals surface area contributed by atoms with Crippen molar-refractivity contribution in [3.8, 4) is 0 Å². The summed E-state index contributed by atoms with van der Waals surface area (Å²) in [7, 11) is 0. The van der Waals surface area contributed by atoms with Gasteiger partial charge < -0.3 is 0 Å². The van der Waals surface area contributed by atoms with Crippen LogP contribution in [0.2, 0.25) is 0 Å². The van der Waals surface area contributed by atoms with Crippen LogP contribution in [0.5, 0.6) is 0 Å². The molecule has 0 heterocycles. The molecule has 0 saturated heterocycles. The normalized spacial score (nSPS) is 11.7. The van der Waals surface area contributed by atoms with Crippen LogP contribution in [0, 0.1) is 0 Å². The van der Waals surface area contributed by atoms with Crippen molar-refractivity contribution in [2.75, 3.05) is 0 Å². The third kappa shape index (κ3) is 23.1. The number of carbonyl (C=O) groups excluding carboxylic acids is 1. The fourth-order valence-electron chi connectivity index (χ4n) is 3.26. The second kappa shape index (κ2) is 23.1. The minimum absolute atomic E-state index is 1.13. The van der Waals surface area contributed by atoms with Gasteiger partial charge in [0.1, 0.15) is 0 Å². The van der Waals surface area contributed by atoms with Crippen molar-refractivity contribution < 1.29 is 4.79 Å². The number of rotatable bonds is 20. The number of allylic oxidation sites excluding steroid dienone is 4. The van der Waals surface area contributed by atoms with Gasteiger partial charge in [-0.1, -0.05) is 128 Å². The molecule has 0 spiro atoms. The van der Waals surface area contributed by atoms with E-state index in [0.29, 0.717) is 0 Å². The first kappa shape index (κ1) is 24.1. The Labute approximate surface area is 158 Å². The number of hydrogen-bond donors (Lipinski definition) is 0. The minimum Gasteiger partial charge on any atom is -0.286 e. The van der Waals surface area contributed by atoms with E-state index in [2.05, 4.69) is 13.0 Å². The van der Waals surface area contributed by atoms with Crippen LogP contribution in [0.15, 0.2) is 24.3 Å². The highest BCUT2D eigenvalue weighted by molar-refractivity contribution is 5.66. The van der Waals surface area contributed by atoms with Gasteiger partial charge in [-0.3, -0.25) is 4.79 Å². The third-order valence-electron chi connectivity index (χ3n) is 4.89. The second-order valence-electron chi connectivity index (χ2n) is 7.35. The van der Waals surface area contributed by atoms with Crippen molar-refractivity contribution in [3.05, 3.63) is 24.3 Å². The fraction of sp³-hybridized carbons (Fsp3) is 0.792. The summed E-state index contributed by atoms with van der Waals surface area (Å²) in [6.45, 7) is 2.29. The predicted octanol–water partition coefficient (Wildman–Crippen LogP) is 8.25. The van der Waals surface area contributed by atoms with Crippen molar-refractivity contribution in [1.82, 2.24) is 0 Å². The monoisotopic (exact) mass is 347 g/mol. The van der Waals surface area contributed by atoms with E-state index < -0.39 is 0 Å². The highest BCUT2D eigenvalue weighted by atomic mass is 16.1. The van der Waals surface area contributed by atoms with Crippen LogP contribution in [0.25, 0.3) is 0 Å². The molecule has 0 amide bonds. The topological polar surface area (TPSA) is 17.1 Å². The lowest BCUT2D eigenvalue weighted by Gasteiger charge is -2.03. The maximum absolute atomic E-state index is 9.96. The lowest BCUT2D eigenvalue weighted by Crippen LogP contribution is -1.83. The van der Waals surface area contributed by atoms with Crippen molar-refractivity contribution in [2.45, 2.75) is 122 Å². The second-order valence-corrected chi connectivity index (χ2v) is 7.35. The lowest BCUT2D eigenvalue weighted by atomic mass is 10.0. The lowest BCUT2D eigenvalue weighted by molar-refractivity contribution is 0.527. The molecule has 0 rings (SSSR count). The number of hydrogen-bond acceptors (Lipinski definition) is 1. The van der Waals surface area contributed by atoms with E-state index in [0.717, 1.165) is 6.42 Å². The standard InChI is InChI=1S/C24H43O/c1-2-3-4-5-6-7-8-9-10-11-12-13-14-15-16-17-18-19-20-21-22-23-24-25/h20-23H,2-19H2,1H3/b21-20+,23-22+. The van der Waals surface area contributed by atoms with E-state index in [-0.39, 0.29) is 0 Å². The predicted molar refractivity (Wildman–Crippen MR) is 113 cm³/mol. The van der Waals surface area contributed by atoms with Crippen molar-refractivity contribution in [3.63, 3.8) is 0 Å². The van der Waals surface area contributed by atoms with E-state index >= 15 is 0 Å². The van der Waals surface area contributed by atoms with Crippen LogP contribution >= 0.6 is 0 Å². The molecule has 0 aliphatic heterocycles. The van der Waals surface area contributed by atoms with Crippen LogP contribution in [0.1, 0.15) is 122 Å². The SMILES string of the molecule is CCCCCCCCCCCCCCCCCCC/C=C/C=C/[C]=O. The molecule has 1 nitrogen and oxygen atoms in total. The van der Waals surface area contributed by atoms with E-state index in [4.69, 9.17) is 0 Å². The molecule has 0 atom stereocenters. The Morgan fingerprint density at radius 3 is 1.36 bits per heavy atom. The molecule has 0 aliphatic carbocycles. The van der Waals surface area contributed by atoms with Gasteiger partial charge in [0.15, 0.2) is 0 Å². The summed E-state index contributed by atoms with van der Waals surface area (Å²) in [4.78, 5) is 9.96. The molecule has 1 radical (unpaired) electrons. The Balaban J connectivity index is 3.04. The molecule has 0 bridgehead atoms. The van der Waals surface area contributed by atoms with Crippen LogP contribution in [-0.4, -0.2) is 6.29 Å². The van der Waals surface area contributed by atoms with Gasteiger partial charge in [-0.05, 0) is 18.9 Å². The Morgan fingerprint density at radius 2 is 0.960 bits per heavy atom. The van der Waals surface area contributed by atoms with Gasteiger partial charge >= 0.3 is 0 Å². The molecule has 0 N–H and O–H groups in total. The third-order valence-corrected chi connectivity index (χ3v) is 4.89. The average molecular weight is 348 g/mol. The molecule has 0 aliphatic rings. The average Bonchev–Trinajstić information content (AvgIpc) is 2.63. The molecule has 25 heavy (non-hydrogen) atoms. The van der Waals surface area contributed by atoms with Gasteiger partial charge in [0, 0.05) is 0 Å². The van der Waals surface area contributed by atoms with Crippen molar-refractivity contribution in [1.29, 1.82) is 0 Å². The van der Waals surface area contributed by atoms with Gasteiger partial charge in [-0.25, -0.2) is 0 Å². The molecular formula is C24H43O. The van der Waals surface area contributed by atoms with Gasteiger partial charge in [-0.15, -0.1) is 0 Å². The maximum Gasteiger partial charge on any atom is 0.225 e. The molecule has 145 valence electrons. The summed E-state index contributed by atoms with van der Waals surface area (Å²) in [5.74, 6) is 0. The Hall–Kier alpha value is -0.850. The quantitative estimate of drug-likeness (QED) is 0.123. The molecular weight excluding hydrogens is 304 g/mol. The molecule has 0 aromatic rings. The number of unbranched alkanes of at least 4 members (excludes halogenated alkanes) is 17. The van der Waals surface area contributed by atoms with E-state index in [1.54, 1.807) is 12.4 Å². The summed E-state index contributed by atoms with van der Waals surface area (Å²) >= 11 is 0. The first-order valence-corrected chi connectivity index (χ1v) is 11.1. The maximum atomic E-state index is 9.96. The molecule has 0 aromatic carbocycles. The summed E-state index contributed by atoms with van der Waals surface area (Å²) < 4.78 is 0. The summed E-state index contributed by atoms with van der Waals surface area (Å²) in [6, 6.07) is 0. The van der Waals surface area contributed by atoms with Crippen LogP contribution < -0.4 is 0 Å². The summed E-state index contributed by atoms with van der Waals surface area (Å²) in [5.41, 5.74) is 0. The van der Waals surface area contributed by atoms with Gasteiger partial charge in [0.05, 0.1) is 0 Å². The largest absolute Gasteiger partial charge is 0.286 e. The van der Waals surface area contributed by atoms with Crippen LogP contribution in [-0.2, 0) is 4.79 Å². The zero-order valence-electron chi connectivity index (χ0n) is 16.9. The highest BCUT2D eigenvalue weighted by Crippen LogP contribution is 2.14. The molecule has 1 heteroatoms. The first-order chi connectivity index (χ1) is 12.4. The molecule has 0 aromatic heterocycles. The van der Waals surface area contributed by atoms with E-state index in [1.165, 1.54) is 115 Å². The van der Waals surface area contributed by atoms with Crippen molar-refractivity contribution in [2.24, 2.45) is 0 Å². The van der Waals surface area contributed by atoms with Gasteiger partial charge in [0.2, 0.25) is 6.29 Å². The molecule has 0 fully saturated rings. The smallest absolute Gasteiger partial charge is 0.225 e. The van der Waals surface area contributed by atoms with Crippen LogP contribution in [0.3, 0.4) is 0 Å². The Kier molecular flexibility index (Phi) is 22.4. The highest BCUT2D eigenvalue weighted by Gasteiger charge is 1.94. The van der Waals surface area contributed by atoms with Gasteiger partial charge in [-0.2, -0.15) is 0 Å². The molecule has 0 saturated carbocycles. The summed E-state index contributed by atoms with van der Waals surface area (Å²) in [6.07, 6.45) is 34.3. The van der Waals surface area contributed by atoms with E-state index in [1.807, 2.05) is 6.08 Å². The van der Waals surface area contributed by atoms with E-state index in [9.17, 15) is 4.79 Å². The Morgan fingerprint density at radius 1 is 0.560 bits per heavy atom. The Bertz CT molecular complexity index is 303. The summed E-state index contributed by atoms with van der Waals surface area (Å²) in [5, 5.41) is 0. The minimum atomic E-state index is 1.13. The van der Waals surface area contributed by atoms with Crippen LogP contribution in [0.4, 0.5) is 0 Å². The molecule has 0 unspecified atom stereocenters. The fourth-order valence-corrected chi connectivity index (χ4v) is 3.26. The first-order valence-electron chi connectivity index (χ1n) is 11.1.